The summed E-state index contributed by atoms with van der Waals surface area (Å²) in [4.78, 5) is 4.79. The topological polar surface area (TPSA) is 56.5 Å². The molecular formula is C23H28N2O3. The molecule has 1 aromatic heterocycles. The third-order valence-corrected chi connectivity index (χ3v) is 5.32. The van der Waals surface area contributed by atoms with Crippen LogP contribution < -0.4 is 4.74 Å². The number of ether oxygens (including phenoxy) is 2. The van der Waals surface area contributed by atoms with Gasteiger partial charge in [0.2, 0.25) is 0 Å². The number of fused-ring (bicyclic) bond motifs is 1. The number of aliphatic hydroxyl groups excluding tert-OH is 1. The van der Waals surface area contributed by atoms with Gasteiger partial charge in [0.1, 0.15) is 30.4 Å². The Bertz CT molecular complexity index is 950. The Hall–Kier alpha value is -2.37. The molecule has 0 spiro atoms. The van der Waals surface area contributed by atoms with Gasteiger partial charge in [-0.2, -0.15) is 0 Å². The van der Waals surface area contributed by atoms with Crippen molar-refractivity contribution in [2.45, 2.75) is 52.4 Å². The van der Waals surface area contributed by atoms with E-state index in [4.69, 9.17) is 14.5 Å². The second-order valence-corrected chi connectivity index (χ2v) is 7.76. The molecule has 28 heavy (non-hydrogen) atoms. The smallest absolute Gasteiger partial charge is 0.139 e. The molecule has 4 rings (SSSR count). The van der Waals surface area contributed by atoms with Crippen LogP contribution in [0.15, 0.2) is 36.4 Å². The van der Waals surface area contributed by atoms with Crippen molar-refractivity contribution in [1.82, 2.24) is 9.55 Å². The Morgan fingerprint density at radius 1 is 1.21 bits per heavy atom. The van der Waals surface area contributed by atoms with Crippen molar-refractivity contribution in [3.8, 4) is 5.75 Å². The standard InChI is InChI=1S/C23H28N2O3/c1-15-11-16(2)22(17(3)12-15)28-14-18(26)13-25-20-8-5-4-7-19(20)24-23(25)21-9-6-10-27-21/h4-5,7-8,11-12,18,21,26H,6,9-10,13-14H2,1-3H3. The lowest BCUT2D eigenvalue weighted by molar-refractivity contribution is 0.0802. The van der Waals surface area contributed by atoms with Gasteiger partial charge in [0.05, 0.1) is 17.6 Å². The highest BCUT2D eigenvalue weighted by atomic mass is 16.5. The Morgan fingerprint density at radius 3 is 2.68 bits per heavy atom. The second kappa shape index (κ2) is 7.94. The number of hydrogen-bond donors (Lipinski definition) is 1. The predicted molar refractivity (Wildman–Crippen MR) is 110 cm³/mol. The number of aryl methyl sites for hydroxylation is 3. The van der Waals surface area contributed by atoms with E-state index < -0.39 is 6.10 Å². The van der Waals surface area contributed by atoms with E-state index in [2.05, 4.69) is 23.6 Å². The summed E-state index contributed by atoms with van der Waals surface area (Å²) in [5.41, 5.74) is 5.37. The quantitative estimate of drug-likeness (QED) is 0.694. The lowest BCUT2D eigenvalue weighted by atomic mass is 10.1. The Balaban J connectivity index is 1.54. The number of imidazole rings is 1. The summed E-state index contributed by atoms with van der Waals surface area (Å²) in [6, 6.07) is 12.2. The summed E-state index contributed by atoms with van der Waals surface area (Å²) in [6.07, 6.45) is 1.38. The molecule has 2 unspecified atom stereocenters. The maximum atomic E-state index is 10.7. The van der Waals surface area contributed by atoms with E-state index >= 15 is 0 Å². The van der Waals surface area contributed by atoms with Crippen molar-refractivity contribution >= 4 is 11.0 Å². The molecule has 1 aliphatic rings. The number of para-hydroxylation sites is 2. The van der Waals surface area contributed by atoms with Crippen LogP contribution in [-0.2, 0) is 11.3 Å². The highest BCUT2D eigenvalue weighted by Gasteiger charge is 2.25. The molecule has 1 saturated heterocycles. The van der Waals surface area contributed by atoms with Gasteiger partial charge in [0, 0.05) is 6.61 Å². The van der Waals surface area contributed by atoms with E-state index in [9.17, 15) is 5.11 Å². The first-order valence-corrected chi connectivity index (χ1v) is 9.98. The van der Waals surface area contributed by atoms with E-state index in [0.29, 0.717) is 6.54 Å². The van der Waals surface area contributed by atoms with Gasteiger partial charge >= 0.3 is 0 Å². The molecule has 5 nitrogen and oxygen atoms in total. The molecule has 2 heterocycles. The number of rotatable bonds is 6. The summed E-state index contributed by atoms with van der Waals surface area (Å²) < 4.78 is 14.0. The third kappa shape index (κ3) is 3.77. The van der Waals surface area contributed by atoms with Crippen molar-refractivity contribution in [1.29, 1.82) is 0 Å². The average Bonchev–Trinajstić information content (AvgIpc) is 3.29. The molecule has 0 saturated carbocycles. The Labute approximate surface area is 165 Å². The monoisotopic (exact) mass is 380 g/mol. The number of hydrogen-bond acceptors (Lipinski definition) is 4. The van der Waals surface area contributed by atoms with Crippen LogP contribution in [0.25, 0.3) is 11.0 Å². The highest BCUT2D eigenvalue weighted by Crippen LogP contribution is 2.31. The van der Waals surface area contributed by atoms with Crippen molar-refractivity contribution in [2.24, 2.45) is 0 Å². The molecule has 0 aliphatic carbocycles. The van der Waals surface area contributed by atoms with Crippen molar-refractivity contribution in [3.63, 3.8) is 0 Å². The van der Waals surface area contributed by atoms with Crippen molar-refractivity contribution in [3.05, 3.63) is 58.9 Å². The molecule has 2 aromatic carbocycles. The minimum atomic E-state index is -0.641. The molecule has 1 aliphatic heterocycles. The summed E-state index contributed by atoms with van der Waals surface area (Å²) in [7, 11) is 0. The van der Waals surface area contributed by atoms with Crippen molar-refractivity contribution in [2.75, 3.05) is 13.2 Å². The van der Waals surface area contributed by atoms with Gasteiger partial charge in [-0.3, -0.25) is 0 Å². The zero-order chi connectivity index (χ0) is 19.7. The van der Waals surface area contributed by atoms with Crippen molar-refractivity contribution < 1.29 is 14.6 Å². The SMILES string of the molecule is Cc1cc(C)c(OCC(O)Cn2c(C3CCCO3)nc3ccccc32)c(C)c1. The normalized spacial score (nSPS) is 17.9. The van der Waals surface area contributed by atoms with Crippen LogP contribution in [0.1, 0.15) is 41.5 Å². The highest BCUT2D eigenvalue weighted by molar-refractivity contribution is 5.76. The van der Waals surface area contributed by atoms with Crippen LogP contribution in [0.2, 0.25) is 0 Å². The van der Waals surface area contributed by atoms with Crippen LogP contribution in [0.3, 0.4) is 0 Å². The van der Waals surface area contributed by atoms with Crippen LogP contribution in [0.5, 0.6) is 5.75 Å². The van der Waals surface area contributed by atoms with Gasteiger partial charge in [0.15, 0.2) is 0 Å². The first kappa shape index (κ1) is 19.0. The van der Waals surface area contributed by atoms with E-state index in [1.807, 2.05) is 38.1 Å². The van der Waals surface area contributed by atoms with Crippen LogP contribution in [0.4, 0.5) is 0 Å². The summed E-state index contributed by atoms with van der Waals surface area (Å²) in [5.74, 6) is 1.76. The number of aliphatic hydroxyl groups is 1. The predicted octanol–water partition coefficient (Wildman–Crippen LogP) is 4.25. The maximum Gasteiger partial charge on any atom is 0.139 e. The largest absolute Gasteiger partial charge is 0.490 e. The minimum Gasteiger partial charge on any atom is -0.490 e. The van der Waals surface area contributed by atoms with E-state index in [-0.39, 0.29) is 12.7 Å². The fourth-order valence-corrected chi connectivity index (χ4v) is 4.15. The first-order valence-electron chi connectivity index (χ1n) is 9.98. The van der Waals surface area contributed by atoms with Gasteiger partial charge in [0.25, 0.3) is 0 Å². The Kier molecular flexibility index (Phi) is 5.38. The van der Waals surface area contributed by atoms with E-state index in [1.54, 1.807) is 0 Å². The molecule has 5 heteroatoms. The molecule has 2 atom stereocenters. The van der Waals surface area contributed by atoms with Crippen LogP contribution >= 0.6 is 0 Å². The van der Waals surface area contributed by atoms with Crippen LogP contribution in [-0.4, -0.2) is 34.0 Å². The number of aromatic nitrogens is 2. The van der Waals surface area contributed by atoms with Gasteiger partial charge in [-0.05, 0) is 56.9 Å². The van der Waals surface area contributed by atoms with E-state index in [1.165, 1.54) is 5.56 Å². The van der Waals surface area contributed by atoms with Gasteiger partial charge < -0.3 is 19.1 Å². The fraction of sp³-hybridized carbons (Fsp3) is 0.435. The molecular weight excluding hydrogens is 352 g/mol. The average molecular weight is 380 g/mol. The third-order valence-electron chi connectivity index (χ3n) is 5.32. The summed E-state index contributed by atoms with van der Waals surface area (Å²) in [6.45, 7) is 7.60. The zero-order valence-electron chi connectivity index (χ0n) is 16.8. The number of nitrogens with zero attached hydrogens (tertiary/aromatic N) is 2. The maximum absolute atomic E-state index is 10.7. The molecule has 3 aromatic rings. The lowest BCUT2D eigenvalue weighted by Gasteiger charge is -2.19. The van der Waals surface area contributed by atoms with Gasteiger partial charge in [-0.1, -0.05) is 29.8 Å². The summed E-state index contributed by atoms with van der Waals surface area (Å²) >= 11 is 0. The summed E-state index contributed by atoms with van der Waals surface area (Å²) in [5, 5.41) is 10.7. The molecule has 1 fully saturated rings. The lowest BCUT2D eigenvalue weighted by Crippen LogP contribution is -2.25. The van der Waals surface area contributed by atoms with Gasteiger partial charge in [-0.15, -0.1) is 0 Å². The molecule has 0 radical (unpaired) electrons. The molecule has 1 N–H and O–H groups in total. The molecule has 0 amide bonds. The fourth-order valence-electron chi connectivity index (χ4n) is 4.15. The second-order valence-electron chi connectivity index (χ2n) is 7.76. The van der Waals surface area contributed by atoms with E-state index in [0.717, 1.165) is 53.2 Å². The minimum absolute atomic E-state index is 0.00195. The van der Waals surface area contributed by atoms with Crippen LogP contribution in [0, 0.1) is 20.8 Å². The zero-order valence-corrected chi connectivity index (χ0v) is 16.8. The molecule has 0 bridgehead atoms. The first-order chi connectivity index (χ1) is 13.5. The number of benzene rings is 2. The molecule has 148 valence electrons. The van der Waals surface area contributed by atoms with Gasteiger partial charge in [-0.25, -0.2) is 4.98 Å². The Morgan fingerprint density at radius 2 is 1.96 bits per heavy atom.